The van der Waals surface area contributed by atoms with Crippen molar-refractivity contribution in [3.05, 3.63) is 71.0 Å². The van der Waals surface area contributed by atoms with E-state index >= 15 is 0 Å². The molecule has 1 aliphatic heterocycles. The Balaban J connectivity index is 1.48. The van der Waals surface area contributed by atoms with Gasteiger partial charge in [-0.2, -0.15) is 4.31 Å². The van der Waals surface area contributed by atoms with Gasteiger partial charge in [-0.15, -0.1) is 0 Å². The molecule has 0 aromatic heterocycles. The van der Waals surface area contributed by atoms with E-state index in [2.05, 4.69) is 0 Å². The van der Waals surface area contributed by atoms with Crippen molar-refractivity contribution in [2.24, 2.45) is 0 Å². The molecule has 7 nitrogen and oxygen atoms in total. The highest BCUT2D eigenvalue weighted by Crippen LogP contribution is 2.20. The van der Waals surface area contributed by atoms with Gasteiger partial charge in [0.1, 0.15) is 5.82 Å². The van der Waals surface area contributed by atoms with E-state index in [4.69, 9.17) is 16.3 Å². The van der Waals surface area contributed by atoms with E-state index in [9.17, 15) is 22.4 Å². The molecule has 1 heterocycles. The molecule has 0 bridgehead atoms. The average molecular weight is 467 g/mol. The van der Waals surface area contributed by atoms with Gasteiger partial charge >= 0.3 is 5.97 Å². The molecule has 1 amide bonds. The van der Waals surface area contributed by atoms with E-state index < -0.39 is 34.3 Å². The fraction of sp³-hybridized carbons (Fsp3) is 0.238. The van der Waals surface area contributed by atoms with Gasteiger partial charge in [0, 0.05) is 42.8 Å². The maximum Gasteiger partial charge on any atom is 0.331 e. The minimum absolute atomic E-state index is 0.123. The number of hydrogen-bond donors (Lipinski definition) is 0. The van der Waals surface area contributed by atoms with Crippen LogP contribution in [0.25, 0.3) is 6.08 Å². The van der Waals surface area contributed by atoms with Crippen molar-refractivity contribution in [2.45, 2.75) is 4.90 Å². The first-order valence-corrected chi connectivity index (χ1v) is 11.2. The maximum atomic E-state index is 13.5. The van der Waals surface area contributed by atoms with Gasteiger partial charge in [-0.05, 0) is 36.4 Å². The van der Waals surface area contributed by atoms with Crippen molar-refractivity contribution in [3.8, 4) is 0 Å². The zero-order valence-corrected chi connectivity index (χ0v) is 18.0. The molecule has 10 heteroatoms. The second kappa shape index (κ2) is 10.0. The summed E-state index contributed by atoms with van der Waals surface area (Å²) in [6, 6.07) is 11.8. The smallest absolute Gasteiger partial charge is 0.331 e. The molecule has 2 aromatic rings. The number of rotatable bonds is 6. The largest absolute Gasteiger partial charge is 0.452 e. The van der Waals surface area contributed by atoms with Crippen molar-refractivity contribution in [1.82, 2.24) is 9.21 Å². The van der Waals surface area contributed by atoms with Crippen LogP contribution in [0, 0.1) is 5.82 Å². The number of sulfonamides is 1. The van der Waals surface area contributed by atoms with E-state index in [0.29, 0.717) is 5.02 Å². The van der Waals surface area contributed by atoms with Crippen LogP contribution >= 0.6 is 11.6 Å². The highest BCUT2D eigenvalue weighted by Gasteiger charge is 2.30. The molecule has 0 unspecified atom stereocenters. The van der Waals surface area contributed by atoms with Crippen LogP contribution < -0.4 is 0 Å². The number of hydrogen-bond acceptors (Lipinski definition) is 5. The number of carbonyl (C=O) groups excluding carboxylic acids is 2. The van der Waals surface area contributed by atoms with Gasteiger partial charge < -0.3 is 9.64 Å². The molecule has 164 valence electrons. The number of nitrogens with zero attached hydrogens (tertiary/aromatic N) is 2. The molecule has 0 saturated carbocycles. The predicted molar refractivity (Wildman–Crippen MR) is 113 cm³/mol. The number of carbonyl (C=O) groups is 2. The summed E-state index contributed by atoms with van der Waals surface area (Å²) in [5, 5.41) is 0.438. The molecule has 0 N–H and O–H groups in total. The zero-order valence-electron chi connectivity index (χ0n) is 16.4. The lowest BCUT2D eigenvalue weighted by Gasteiger charge is -2.33. The predicted octanol–water partition coefficient (Wildman–Crippen LogP) is 2.57. The van der Waals surface area contributed by atoms with Gasteiger partial charge in [0.15, 0.2) is 6.61 Å². The lowest BCUT2D eigenvalue weighted by molar-refractivity contribution is -0.148. The number of halogens is 2. The summed E-state index contributed by atoms with van der Waals surface area (Å²) in [5.74, 6) is -1.69. The first kappa shape index (κ1) is 22.9. The quantitative estimate of drug-likeness (QED) is 0.482. The maximum absolute atomic E-state index is 13.5. The lowest BCUT2D eigenvalue weighted by Crippen LogP contribution is -2.51. The Morgan fingerprint density at radius 3 is 2.32 bits per heavy atom. The van der Waals surface area contributed by atoms with E-state index in [-0.39, 0.29) is 36.6 Å². The van der Waals surface area contributed by atoms with E-state index in [1.54, 1.807) is 6.07 Å². The minimum atomic E-state index is -3.68. The number of benzene rings is 2. The molecule has 0 radical (unpaired) electrons. The highest BCUT2D eigenvalue weighted by atomic mass is 35.5. The zero-order chi connectivity index (χ0) is 22.4. The van der Waals surface area contributed by atoms with Crippen molar-refractivity contribution in [3.63, 3.8) is 0 Å². The van der Waals surface area contributed by atoms with Crippen LogP contribution in [0.2, 0.25) is 5.02 Å². The third-order valence-electron chi connectivity index (χ3n) is 4.68. The summed E-state index contributed by atoms with van der Waals surface area (Å²) in [7, 11) is -3.68. The number of ether oxygens (including phenoxy) is 1. The van der Waals surface area contributed by atoms with E-state index in [1.807, 2.05) is 0 Å². The SMILES string of the molecule is O=C(/C=C/c1ccccc1F)OCC(=O)N1CCN(S(=O)(=O)c2ccc(Cl)cc2)CC1. The first-order chi connectivity index (χ1) is 14.8. The van der Waals surface area contributed by atoms with E-state index in [1.165, 1.54) is 57.7 Å². The van der Waals surface area contributed by atoms with Crippen LogP contribution in [0.4, 0.5) is 4.39 Å². The van der Waals surface area contributed by atoms with Crippen LogP contribution in [0.3, 0.4) is 0 Å². The fourth-order valence-corrected chi connectivity index (χ4v) is 4.52. The summed E-state index contributed by atoms with van der Waals surface area (Å²) >= 11 is 5.80. The molecule has 1 fully saturated rings. The Morgan fingerprint density at radius 1 is 1.03 bits per heavy atom. The number of piperazine rings is 1. The van der Waals surface area contributed by atoms with Crippen molar-refractivity contribution >= 4 is 39.6 Å². The molecule has 0 spiro atoms. The normalized spacial score (nSPS) is 15.2. The summed E-state index contributed by atoms with van der Waals surface area (Å²) in [5.41, 5.74) is 0.226. The molecule has 3 rings (SSSR count). The van der Waals surface area contributed by atoms with Gasteiger partial charge in [0.2, 0.25) is 10.0 Å². The molecular weight excluding hydrogens is 447 g/mol. The third-order valence-corrected chi connectivity index (χ3v) is 6.85. The summed E-state index contributed by atoms with van der Waals surface area (Å²) in [6.07, 6.45) is 2.31. The Kier molecular flexibility index (Phi) is 7.42. The summed E-state index contributed by atoms with van der Waals surface area (Å²) in [6.45, 7) is 0.114. The molecule has 1 saturated heterocycles. The van der Waals surface area contributed by atoms with Gasteiger partial charge in [0.05, 0.1) is 4.90 Å². The average Bonchev–Trinajstić information content (AvgIpc) is 2.77. The molecule has 2 aromatic carbocycles. The second-order valence-corrected chi connectivity index (χ2v) is 9.08. The number of amides is 1. The Morgan fingerprint density at radius 2 is 1.68 bits per heavy atom. The van der Waals surface area contributed by atoms with Crippen LogP contribution in [0.15, 0.2) is 59.5 Å². The third kappa shape index (κ3) is 5.90. The molecule has 1 aliphatic rings. The van der Waals surface area contributed by atoms with Crippen LogP contribution in [-0.2, 0) is 24.3 Å². The number of esters is 1. The van der Waals surface area contributed by atoms with Gasteiger partial charge in [-0.1, -0.05) is 29.8 Å². The second-order valence-electron chi connectivity index (χ2n) is 6.70. The summed E-state index contributed by atoms with van der Waals surface area (Å²) in [4.78, 5) is 25.6. The minimum Gasteiger partial charge on any atom is -0.452 e. The Labute approximate surface area is 184 Å². The van der Waals surface area contributed by atoms with E-state index in [0.717, 1.165) is 6.08 Å². The van der Waals surface area contributed by atoms with Gasteiger partial charge in [-0.25, -0.2) is 17.6 Å². The molecule has 31 heavy (non-hydrogen) atoms. The van der Waals surface area contributed by atoms with Crippen LogP contribution in [0.1, 0.15) is 5.56 Å². The Bertz CT molecular complexity index is 1080. The monoisotopic (exact) mass is 466 g/mol. The molecule has 0 aliphatic carbocycles. The first-order valence-electron chi connectivity index (χ1n) is 9.40. The molecular formula is C21H20ClFN2O5S. The fourth-order valence-electron chi connectivity index (χ4n) is 2.97. The lowest BCUT2D eigenvalue weighted by atomic mass is 10.2. The van der Waals surface area contributed by atoms with Crippen LogP contribution in [-0.4, -0.2) is 62.3 Å². The standard InChI is InChI=1S/C21H20ClFN2O5S/c22-17-6-8-18(9-7-17)31(28,29)25-13-11-24(12-14-25)20(26)15-30-21(27)10-5-16-3-1-2-4-19(16)23/h1-10H,11-15H2/b10-5+. The van der Waals surface area contributed by atoms with Crippen molar-refractivity contribution in [1.29, 1.82) is 0 Å². The van der Waals surface area contributed by atoms with Crippen molar-refractivity contribution in [2.75, 3.05) is 32.8 Å². The topological polar surface area (TPSA) is 84.0 Å². The Hall–Kier alpha value is -2.75. The van der Waals surface area contributed by atoms with Crippen LogP contribution in [0.5, 0.6) is 0 Å². The summed E-state index contributed by atoms with van der Waals surface area (Å²) < 4.78 is 45.1. The van der Waals surface area contributed by atoms with Crippen molar-refractivity contribution < 1.29 is 27.1 Å². The van der Waals surface area contributed by atoms with Gasteiger partial charge in [0.25, 0.3) is 5.91 Å². The highest BCUT2D eigenvalue weighted by molar-refractivity contribution is 7.89. The molecule has 0 atom stereocenters. The van der Waals surface area contributed by atoms with Gasteiger partial charge in [-0.3, -0.25) is 4.79 Å².